The fourth-order valence-corrected chi connectivity index (χ4v) is 3.62. The zero-order valence-corrected chi connectivity index (χ0v) is 13.3. The number of aromatic nitrogens is 3. The molecule has 0 fully saturated rings. The molecule has 5 nitrogen and oxygen atoms in total. The number of halogens is 1. The summed E-state index contributed by atoms with van der Waals surface area (Å²) < 4.78 is 8.36. The Bertz CT molecular complexity index is 903. The van der Waals surface area contributed by atoms with Gasteiger partial charge >= 0.3 is 0 Å². The molecular formula is C14H10BrN3O2S. The highest BCUT2D eigenvalue weighted by atomic mass is 79.9. The highest BCUT2D eigenvalue weighted by Gasteiger charge is 2.19. The highest BCUT2D eigenvalue weighted by Crippen LogP contribution is 2.30. The fraction of sp³-hybridized carbons (Fsp3) is 0.214. The Labute approximate surface area is 132 Å². The van der Waals surface area contributed by atoms with Crippen LogP contribution in [0, 0.1) is 0 Å². The molecule has 1 aromatic carbocycles. The smallest absolute Gasteiger partial charge is 0.281 e. The molecule has 1 aliphatic heterocycles. The minimum Gasteiger partial charge on any atom is -0.431 e. The third kappa shape index (κ3) is 2.26. The second kappa shape index (κ2) is 4.92. The van der Waals surface area contributed by atoms with Gasteiger partial charge in [-0.15, -0.1) is 0 Å². The first-order valence-corrected chi connectivity index (χ1v) is 8.15. The molecule has 0 aliphatic carbocycles. The van der Waals surface area contributed by atoms with E-state index in [0.717, 1.165) is 29.7 Å². The Morgan fingerprint density at radius 2 is 2.24 bits per heavy atom. The molecule has 0 radical (unpaired) electrons. The topological polar surface area (TPSA) is 57.0 Å². The normalized spacial score (nSPS) is 13.6. The van der Waals surface area contributed by atoms with E-state index in [-0.39, 0.29) is 5.56 Å². The fourth-order valence-electron chi connectivity index (χ4n) is 2.42. The Balaban J connectivity index is 1.78. The van der Waals surface area contributed by atoms with E-state index in [1.165, 1.54) is 11.3 Å². The van der Waals surface area contributed by atoms with Crippen LogP contribution in [-0.4, -0.2) is 14.5 Å². The lowest BCUT2D eigenvalue weighted by molar-refractivity contribution is 0.479. The van der Waals surface area contributed by atoms with E-state index in [9.17, 15) is 4.79 Å². The zero-order chi connectivity index (χ0) is 14.4. The first-order chi connectivity index (χ1) is 10.2. The first kappa shape index (κ1) is 13.0. The Morgan fingerprint density at radius 1 is 1.33 bits per heavy atom. The number of thiazole rings is 1. The minimum absolute atomic E-state index is 0.0622. The lowest BCUT2D eigenvalue weighted by Gasteiger charge is -2.00. The highest BCUT2D eigenvalue weighted by molar-refractivity contribution is 9.10. The van der Waals surface area contributed by atoms with Gasteiger partial charge in [0.25, 0.3) is 10.8 Å². The average molecular weight is 364 g/mol. The third-order valence-corrected chi connectivity index (χ3v) is 4.68. The summed E-state index contributed by atoms with van der Waals surface area (Å²) in [5.41, 5.74) is 0.337. The molecule has 2 aromatic heterocycles. The van der Waals surface area contributed by atoms with E-state index in [1.54, 1.807) is 4.57 Å². The second-order valence-electron chi connectivity index (χ2n) is 4.78. The Kier molecular flexibility index (Phi) is 3.04. The molecule has 1 aliphatic rings. The number of hydrogen-bond donors (Lipinski definition) is 0. The zero-order valence-electron chi connectivity index (χ0n) is 10.9. The van der Waals surface area contributed by atoms with E-state index in [2.05, 4.69) is 25.9 Å². The van der Waals surface area contributed by atoms with Crippen LogP contribution in [0.2, 0.25) is 0 Å². The van der Waals surface area contributed by atoms with E-state index < -0.39 is 0 Å². The van der Waals surface area contributed by atoms with Crippen LogP contribution in [0.15, 0.2) is 33.5 Å². The van der Waals surface area contributed by atoms with Crippen LogP contribution in [0.4, 0.5) is 0 Å². The number of fused-ring (bicyclic) bond motifs is 2. The molecule has 0 N–H and O–H groups in total. The summed E-state index contributed by atoms with van der Waals surface area (Å²) in [6, 6.07) is 7.50. The lowest BCUT2D eigenvalue weighted by atomic mass is 10.3. The van der Waals surface area contributed by atoms with E-state index in [4.69, 9.17) is 4.74 Å². The van der Waals surface area contributed by atoms with Crippen molar-refractivity contribution in [1.29, 1.82) is 0 Å². The standard InChI is InChI=1S/C14H10BrN3O2S/c15-8-3-1-4-9(7-8)20-14-17-11-12(21-14)16-10-5-2-6-18(10)13(11)19/h1,3-4,7H,2,5-6H2. The molecule has 0 saturated carbocycles. The quantitative estimate of drug-likeness (QED) is 0.700. The number of hydrogen-bond acceptors (Lipinski definition) is 5. The van der Waals surface area contributed by atoms with Crippen molar-refractivity contribution in [2.75, 3.05) is 0 Å². The van der Waals surface area contributed by atoms with Crippen LogP contribution in [0.5, 0.6) is 10.9 Å². The molecule has 106 valence electrons. The molecule has 0 unspecified atom stereocenters. The maximum absolute atomic E-state index is 12.3. The summed E-state index contributed by atoms with van der Waals surface area (Å²) in [4.78, 5) is 21.8. The van der Waals surface area contributed by atoms with Crippen molar-refractivity contribution in [2.24, 2.45) is 0 Å². The molecule has 0 bridgehead atoms. The summed E-state index contributed by atoms with van der Waals surface area (Å²) in [5.74, 6) is 1.53. The van der Waals surface area contributed by atoms with Gasteiger partial charge in [-0.05, 0) is 24.6 Å². The minimum atomic E-state index is -0.0622. The van der Waals surface area contributed by atoms with Crippen molar-refractivity contribution in [3.05, 3.63) is 44.9 Å². The van der Waals surface area contributed by atoms with Gasteiger partial charge in [0.15, 0.2) is 10.3 Å². The molecule has 0 saturated heterocycles. The molecule has 0 atom stereocenters. The summed E-state index contributed by atoms with van der Waals surface area (Å²) in [7, 11) is 0. The predicted octanol–water partition coefficient (Wildman–Crippen LogP) is 3.35. The van der Waals surface area contributed by atoms with Gasteiger partial charge in [0.2, 0.25) is 0 Å². The first-order valence-electron chi connectivity index (χ1n) is 6.54. The van der Waals surface area contributed by atoms with Gasteiger partial charge in [-0.1, -0.05) is 33.3 Å². The molecule has 3 heterocycles. The average Bonchev–Trinajstić information content (AvgIpc) is 3.06. The van der Waals surface area contributed by atoms with Gasteiger partial charge in [0.1, 0.15) is 11.6 Å². The van der Waals surface area contributed by atoms with Crippen LogP contribution >= 0.6 is 27.3 Å². The number of ether oxygens (including phenoxy) is 1. The molecule has 4 rings (SSSR count). The van der Waals surface area contributed by atoms with Crippen LogP contribution in [0.25, 0.3) is 10.3 Å². The SMILES string of the molecule is O=c1c2nc(Oc3cccc(Br)c3)sc2nc2n1CCC2. The van der Waals surface area contributed by atoms with Gasteiger partial charge in [-0.25, -0.2) is 4.98 Å². The van der Waals surface area contributed by atoms with Crippen LogP contribution in [0.3, 0.4) is 0 Å². The largest absolute Gasteiger partial charge is 0.431 e. The maximum atomic E-state index is 12.3. The Morgan fingerprint density at radius 3 is 3.10 bits per heavy atom. The molecule has 0 amide bonds. The van der Waals surface area contributed by atoms with Crippen LogP contribution < -0.4 is 10.3 Å². The van der Waals surface area contributed by atoms with Gasteiger partial charge in [-0.3, -0.25) is 9.36 Å². The van der Waals surface area contributed by atoms with Crippen LogP contribution in [0.1, 0.15) is 12.2 Å². The predicted molar refractivity (Wildman–Crippen MR) is 84.2 cm³/mol. The van der Waals surface area contributed by atoms with Crippen LogP contribution in [-0.2, 0) is 13.0 Å². The summed E-state index contributed by atoms with van der Waals surface area (Å²) in [6.07, 6.45) is 1.83. The Hall–Kier alpha value is -1.73. The number of aryl methyl sites for hydroxylation is 1. The number of rotatable bonds is 2. The van der Waals surface area contributed by atoms with Crippen molar-refractivity contribution in [3.8, 4) is 10.9 Å². The molecule has 3 aromatic rings. The van der Waals surface area contributed by atoms with E-state index in [0.29, 0.717) is 21.3 Å². The maximum Gasteiger partial charge on any atom is 0.281 e. The third-order valence-electron chi connectivity index (χ3n) is 3.36. The van der Waals surface area contributed by atoms with Crippen molar-refractivity contribution in [3.63, 3.8) is 0 Å². The summed E-state index contributed by atoms with van der Waals surface area (Å²) >= 11 is 4.70. The van der Waals surface area contributed by atoms with Crippen molar-refractivity contribution in [1.82, 2.24) is 14.5 Å². The van der Waals surface area contributed by atoms with Gasteiger partial charge in [0, 0.05) is 17.4 Å². The number of benzene rings is 1. The lowest BCUT2D eigenvalue weighted by Crippen LogP contribution is -2.20. The molecular weight excluding hydrogens is 354 g/mol. The van der Waals surface area contributed by atoms with E-state index in [1.807, 2.05) is 24.3 Å². The van der Waals surface area contributed by atoms with Gasteiger partial charge in [0.05, 0.1) is 0 Å². The molecule has 7 heteroatoms. The van der Waals surface area contributed by atoms with Gasteiger partial charge in [-0.2, -0.15) is 4.98 Å². The van der Waals surface area contributed by atoms with Crippen molar-refractivity contribution >= 4 is 37.6 Å². The molecule has 21 heavy (non-hydrogen) atoms. The summed E-state index contributed by atoms with van der Waals surface area (Å²) in [6.45, 7) is 0.733. The second-order valence-corrected chi connectivity index (χ2v) is 6.64. The summed E-state index contributed by atoms with van der Waals surface area (Å²) in [5, 5.41) is 0.442. The number of nitrogens with zero attached hydrogens (tertiary/aromatic N) is 3. The van der Waals surface area contributed by atoms with Gasteiger partial charge < -0.3 is 4.74 Å². The van der Waals surface area contributed by atoms with Crippen molar-refractivity contribution < 1.29 is 4.74 Å². The van der Waals surface area contributed by atoms with Crippen molar-refractivity contribution in [2.45, 2.75) is 19.4 Å². The monoisotopic (exact) mass is 363 g/mol. The molecule has 0 spiro atoms. The van der Waals surface area contributed by atoms with E-state index >= 15 is 0 Å².